The minimum Gasteiger partial charge on any atom is -0.507 e. The molecule has 0 radical (unpaired) electrons. The Morgan fingerprint density at radius 2 is 1.72 bits per heavy atom. The van der Waals surface area contributed by atoms with Crippen LogP contribution in [0.5, 0.6) is 5.75 Å². The number of unbranched alkanes of at least 4 members (excludes halogenated alkanes) is 2. The fraction of sp³-hybridized carbons (Fsp3) is 0.259. The molecule has 0 spiro atoms. The SMILES string of the molecule is CCCCCOc1ccc(/C(O)=C2/C(=O)C(=O)N(c3ccc(C(F)(F)F)cc3)C2c2ccco2)cc1. The number of anilines is 1. The number of Topliss-reactive ketones (excluding diaryl/α,β-unsaturated/α-hetero) is 1. The van der Waals surface area contributed by atoms with Crippen molar-refractivity contribution < 1.29 is 37.0 Å². The second-order valence-corrected chi connectivity index (χ2v) is 8.31. The molecule has 1 aliphatic heterocycles. The number of halogens is 3. The largest absolute Gasteiger partial charge is 0.507 e. The average molecular weight is 499 g/mol. The maximum absolute atomic E-state index is 13.0. The van der Waals surface area contributed by atoms with Gasteiger partial charge >= 0.3 is 6.18 Å². The molecule has 1 fully saturated rings. The van der Waals surface area contributed by atoms with Gasteiger partial charge in [-0.1, -0.05) is 19.8 Å². The summed E-state index contributed by atoms with van der Waals surface area (Å²) in [5, 5.41) is 11.1. The number of amides is 1. The van der Waals surface area contributed by atoms with Gasteiger partial charge in [-0.3, -0.25) is 14.5 Å². The Kier molecular flexibility index (Phi) is 7.19. The minimum atomic E-state index is -4.56. The van der Waals surface area contributed by atoms with Crippen LogP contribution >= 0.6 is 0 Å². The zero-order valence-corrected chi connectivity index (χ0v) is 19.4. The summed E-state index contributed by atoms with van der Waals surface area (Å²) in [5.41, 5.74) is -0.792. The summed E-state index contributed by atoms with van der Waals surface area (Å²) in [6.45, 7) is 2.64. The number of carbonyl (C=O) groups excluding carboxylic acids is 2. The predicted molar refractivity (Wildman–Crippen MR) is 126 cm³/mol. The molecule has 6 nitrogen and oxygen atoms in total. The molecule has 1 atom stereocenters. The first-order valence-electron chi connectivity index (χ1n) is 11.5. The number of ether oxygens (including phenoxy) is 1. The number of rotatable bonds is 8. The van der Waals surface area contributed by atoms with Gasteiger partial charge in [-0.25, -0.2) is 0 Å². The summed E-state index contributed by atoms with van der Waals surface area (Å²) in [6, 6.07) is 12.2. The van der Waals surface area contributed by atoms with E-state index in [1.54, 1.807) is 30.3 Å². The van der Waals surface area contributed by atoms with Crippen molar-refractivity contribution in [3.63, 3.8) is 0 Å². The monoisotopic (exact) mass is 499 g/mol. The molecule has 36 heavy (non-hydrogen) atoms. The van der Waals surface area contributed by atoms with E-state index >= 15 is 0 Å². The highest BCUT2D eigenvalue weighted by atomic mass is 19.4. The molecule has 1 aliphatic rings. The fourth-order valence-electron chi connectivity index (χ4n) is 4.03. The lowest BCUT2D eigenvalue weighted by Gasteiger charge is -2.23. The molecule has 3 aromatic rings. The van der Waals surface area contributed by atoms with Crippen molar-refractivity contribution in [3.8, 4) is 5.75 Å². The first kappa shape index (κ1) is 25.1. The van der Waals surface area contributed by atoms with Crippen LogP contribution in [0.4, 0.5) is 18.9 Å². The molecular weight excluding hydrogens is 475 g/mol. The van der Waals surface area contributed by atoms with E-state index in [4.69, 9.17) is 9.15 Å². The number of benzene rings is 2. The van der Waals surface area contributed by atoms with Gasteiger partial charge in [0.25, 0.3) is 11.7 Å². The first-order chi connectivity index (χ1) is 17.2. The van der Waals surface area contributed by atoms with Crippen LogP contribution in [0, 0.1) is 0 Å². The van der Waals surface area contributed by atoms with E-state index < -0.39 is 35.2 Å². The second kappa shape index (κ2) is 10.3. The van der Waals surface area contributed by atoms with Gasteiger partial charge in [0, 0.05) is 11.3 Å². The molecule has 1 N–H and O–H groups in total. The Bertz CT molecular complexity index is 1250. The van der Waals surface area contributed by atoms with Gasteiger partial charge in [-0.2, -0.15) is 13.2 Å². The molecular formula is C27H24F3NO5. The van der Waals surface area contributed by atoms with Gasteiger partial charge in [0.15, 0.2) is 0 Å². The van der Waals surface area contributed by atoms with Crippen molar-refractivity contribution in [2.75, 3.05) is 11.5 Å². The lowest BCUT2D eigenvalue weighted by molar-refractivity contribution is -0.137. The molecule has 4 rings (SSSR count). The number of hydrogen-bond donors (Lipinski definition) is 1. The summed E-state index contributed by atoms with van der Waals surface area (Å²) in [6.07, 6.45) is -0.192. The molecule has 2 aromatic carbocycles. The molecule has 0 aliphatic carbocycles. The summed E-state index contributed by atoms with van der Waals surface area (Å²) < 4.78 is 50.2. The molecule has 1 unspecified atom stereocenters. The maximum Gasteiger partial charge on any atom is 0.416 e. The van der Waals surface area contributed by atoms with Gasteiger partial charge in [0.05, 0.1) is 24.0 Å². The van der Waals surface area contributed by atoms with Crippen molar-refractivity contribution in [2.45, 2.75) is 38.4 Å². The topological polar surface area (TPSA) is 80.0 Å². The van der Waals surface area contributed by atoms with Crippen molar-refractivity contribution >= 4 is 23.1 Å². The van der Waals surface area contributed by atoms with Crippen LogP contribution in [-0.2, 0) is 15.8 Å². The molecule has 1 aromatic heterocycles. The van der Waals surface area contributed by atoms with E-state index in [1.165, 1.54) is 12.3 Å². The highest BCUT2D eigenvalue weighted by Gasteiger charge is 2.48. The number of ketones is 1. The molecule has 2 heterocycles. The smallest absolute Gasteiger partial charge is 0.416 e. The van der Waals surface area contributed by atoms with Gasteiger partial charge in [0.1, 0.15) is 23.3 Å². The van der Waals surface area contributed by atoms with Crippen LogP contribution < -0.4 is 9.64 Å². The lowest BCUT2D eigenvalue weighted by Crippen LogP contribution is -2.29. The van der Waals surface area contributed by atoms with Crippen molar-refractivity contribution in [1.82, 2.24) is 0 Å². The number of nitrogens with zero attached hydrogens (tertiary/aromatic N) is 1. The minimum absolute atomic E-state index is 0.0568. The quantitative estimate of drug-likeness (QED) is 0.166. The molecule has 0 saturated carbocycles. The maximum atomic E-state index is 13.0. The van der Waals surface area contributed by atoms with Gasteiger partial charge in [-0.15, -0.1) is 0 Å². The zero-order valence-electron chi connectivity index (χ0n) is 19.4. The Hall–Kier alpha value is -4.01. The van der Waals surface area contributed by atoms with Crippen molar-refractivity contribution in [3.05, 3.63) is 89.4 Å². The highest BCUT2D eigenvalue weighted by Crippen LogP contribution is 2.43. The normalized spacial score (nSPS) is 17.6. The van der Waals surface area contributed by atoms with Gasteiger partial charge in [0.2, 0.25) is 0 Å². The summed E-state index contributed by atoms with van der Waals surface area (Å²) >= 11 is 0. The second-order valence-electron chi connectivity index (χ2n) is 8.31. The third kappa shape index (κ3) is 5.00. The molecule has 1 amide bonds. The number of alkyl halides is 3. The zero-order chi connectivity index (χ0) is 25.9. The van der Waals surface area contributed by atoms with Crippen LogP contribution in [0.15, 0.2) is 76.9 Å². The average Bonchev–Trinajstić information content (AvgIpc) is 3.48. The predicted octanol–water partition coefficient (Wildman–Crippen LogP) is 6.49. The lowest BCUT2D eigenvalue weighted by atomic mass is 9.99. The summed E-state index contributed by atoms with van der Waals surface area (Å²) in [4.78, 5) is 27.1. The van der Waals surface area contributed by atoms with Crippen LogP contribution in [0.25, 0.3) is 5.76 Å². The third-order valence-electron chi connectivity index (χ3n) is 5.87. The molecule has 9 heteroatoms. The first-order valence-corrected chi connectivity index (χ1v) is 11.5. The Labute approximate surface area is 205 Å². The van der Waals surface area contributed by atoms with E-state index in [1.807, 2.05) is 0 Å². The molecule has 1 saturated heterocycles. The standard InChI is InChI=1S/C27H24F3NO5/c1-2-3-4-15-35-20-13-7-17(8-14-20)24(32)22-23(21-6-5-16-36-21)31(26(34)25(22)33)19-11-9-18(10-12-19)27(28,29)30/h5-14,16,23,32H,2-4,15H2,1H3/b24-22-. The van der Waals surface area contributed by atoms with Crippen molar-refractivity contribution in [2.24, 2.45) is 0 Å². The van der Waals surface area contributed by atoms with Crippen LogP contribution in [0.2, 0.25) is 0 Å². The van der Waals surface area contributed by atoms with Gasteiger partial charge in [-0.05, 0) is 67.1 Å². The van der Waals surface area contributed by atoms with E-state index in [2.05, 4.69) is 6.92 Å². The molecule has 0 bridgehead atoms. The van der Waals surface area contributed by atoms with E-state index in [9.17, 15) is 27.9 Å². The van der Waals surface area contributed by atoms with E-state index in [-0.39, 0.29) is 22.6 Å². The van der Waals surface area contributed by atoms with Crippen LogP contribution in [0.3, 0.4) is 0 Å². The number of carbonyl (C=O) groups is 2. The highest BCUT2D eigenvalue weighted by molar-refractivity contribution is 6.51. The van der Waals surface area contributed by atoms with Crippen molar-refractivity contribution in [1.29, 1.82) is 0 Å². The summed E-state index contributed by atoms with van der Waals surface area (Å²) in [7, 11) is 0. The number of furan rings is 1. The Morgan fingerprint density at radius 3 is 2.31 bits per heavy atom. The number of aliphatic hydroxyl groups is 1. The fourth-order valence-corrected chi connectivity index (χ4v) is 4.03. The summed E-state index contributed by atoms with van der Waals surface area (Å²) in [5.74, 6) is -1.63. The Morgan fingerprint density at radius 1 is 1.03 bits per heavy atom. The van der Waals surface area contributed by atoms with E-state index in [0.29, 0.717) is 12.4 Å². The van der Waals surface area contributed by atoms with Gasteiger partial charge < -0.3 is 14.3 Å². The number of aliphatic hydroxyl groups excluding tert-OH is 1. The molecule has 188 valence electrons. The van der Waals surface area contributed by atoms with E-state index in [0.717, 1.165) is 48.4 Å². The third-order valence-corrected chi connectivity index (χ3v) is 5.87. The van der Waals surface area contributed by atoms with Crippen LogP contribution in [-0.4, -0.2) is 23.4 Å². The van der Waals surface area contributed by atoms with Crippen LogP contribution in [0.1, 0.15) is 49.1 Å². The Balaban J connectivity index is 1.70. The number of hydrogen-bond acceptors (Lipinski definition) is 5.